The van der Waals surface area contributed by atoms with Crippen LogP contribution in [0.4, 0.5) is 0 Å². The number of carbonyl (C=O) groups excluding carboxylic acids is 1. The first-order valence-corrected chi connectivity index (χ1v) is 5.26. The van der Waals surface area contributed by atoms with Crippen LogP contribution >= 0.6 is 0 Å². The maximum Gasteiger partial charge on any atom is 0.319 e. The molecule has 0 saturated heterocycles. The molecule has 1 fully saturated rings. The van der Waals surface area contributed by atoms with E-state index in [0.717, 1.165) is 12.8 Å². The molecule has 1 aliphatic rings. The molecule has 0 bridgehead atoms. The summed E-state index contributed by atoms with van der Waals surface area (Å²) >= 11 is 0. The molecule has 1 saturated carbocycles. The van der Waals surface area contributed by atoms with Gasteiger partial charge in [-0.2, -0.15) is 0 Å². The quantitative estimate of drug-likeness (QED) is 0.409. The van der Waals surface area contributed by atoms with Crippen LogP contribution in [-0.2, 0) is 9.59 Å². The molecule has 0 radical (unpaired) electrons. The number of carbonyl (C=O) groups is 2. The van der Waals surface area contributed by atoms with Crippen LogP contribution in [0.1, 0.15) is 32.6 Å². The van der Waals surface area contributed by atoms with Gasteiger partial charge in [0.25, 0.3) is 0 Å². The van der Waals surface area contributed by atoms with Gasteiger partial charge in [0, 0.05) is 6.54 Å². The summed E-state index contributed by atoms with van der Waals surface area (Å²) in [5.74, 6) is -1.32. The summed E-state index contributed by atoms with van der Waals surface area (Å²) in [6.07, 6.45) is 6.36. The SMILES string of the molecule is C/C=C/CCNC(=O)C1(C(=O)O)CCC1. The highest BCUT2D eigenvalue weighted by atomic mass is 16.4. The Labute approximate surface area is 89.4 Å². The standard InChI is InChI=1S/C11H17NO3/c1-2-3-4-8-12-9(13)11(10(14)15)6-5-7-11/h2-3H,4-8H2,1H3,(H,12,13)(H,14,15)/b3-2+. The molecule has 0 heterocycles. The average molecular weight is 211 g/mol. The van der Waals surface area contributed by atoms with Gasteiger partial charge in [-0.25, -0.2) is 0 Å². The Morgan fingerprint density at radius 1 is 1.47 bits per heavy atom. The van der Waals surface area contributed by atoms with Gasteiger partial charge in [0.05, 0.1) is 0 Å². The number of hydrogen-bond donors (Lipinski definition) is 2. The molecule has 1 amide bonds. The van der Waals surface area contributed by atoms with Crippen molar-refractivity contribution in [2.75, 3.05) is 6.54 Å². The zero-order valence-electron chi connectivity index (χ0n) is 8.95. The molecular weight excluding hydrogens is 194 g/mol. The molecule has 0 spiro atoms. The molecule has 2 N–H and O–H groups in total. The van der Waals surface area contributed by atoms with E-state index in [0.29, 0.717) is 19.4 Å². The van der Waals surface area contributed by atoms with Gasteiger partial charge in [-0.1, -0.05) is 18.6 Å². The summed E-state index contributed by atoms with van der Waals surface area (Å²) in [5, 5.41) is 11.7. The molecule has 0 unspecified atom stereocenters. The third kappa shape index (κ3) is 2.37. The number of hydrogen-bond acceptors (Lipinski definition) is 2. The maximum absolute atomic E-state index is 11.6. The van der Waals surface area contributed by atoms with E-state index in [4.69, 9.17) is 5.11 Å². The van der Waals surface area contributed by atoms with Crippen molar-refractivity contribution in [3.63, 3.8) is 0 Å². The molecule has 1 aliphatic carbocycles. The van der Waals surface area contributed by atoms with E-state index in [-0.39, 0.29) is 5.91 Å². The van der Waals surface area contributed by atoms with Gasteiger partial charge in [0.15, 0.2) is 0 Å². The minimum atomic E-state index is -1.13. The maximum atomic E-state index is 11.6. The fourth-order valence-corrected chi connectivity index (χ4v) is 1.67. The van der Waals surface area contributed by atoms with Crippen LogP contribution in [-0.4, -0.2) is 23.5 Å². The summed E-state index contributed by atoms with van der Waals surface area (Å²) < 4.78 is 0. The summed E-state index contributed by atoms with van der Waals surface area (Å²) in [5.41, 5.74) is -1.13. The Kier molecular flexibility index (Phi) is 3.88. The first-order valence-electron chi connectivity index (χ1n) is 5.26. The Hall–Kier alpha value is -1.32. The Bertz CT molecular complexity index is 280. The second kappa shape index (κ2) is 4.96. The number of rotatable bonds is 5. The first-order chi connectivity index (χ1) is 7.13. The topological polar surface area (TPSA) is 66.4 Å². The summed E-state index contributed by atoms with van der Waals surface area (Å²) in [4.78, 5) is 22.6. The van der Waals surface area contributed by atoms with Gasteiger partial charge in [0.1, 0.15) is 5.41 Å². The number of amides is 1. The van der Waals surface area contributed by atoms with E-state index >= 15 is 0 Å². The van der Waals surface area contributed by atoms with Gasteiger partial charge in [-0.3, -0.25) is 9.59 Å². The molecule has 0 aliphatic heterocycles. The van der Waals surface area contributed by atoms with E-state index in [2.05, 4.69) is 5.32 Å². The van der Waals surface area contributed by atoms with Gasteiger partial charge in [-0.15, -0.1) is 0 Å². The fraction of sp³-hybridized carbons (Fsp3) is 0.636. The molecule has 4 nitrogen and oxygen atoms in total. The monoisotopic (exact) mass is 211 g/mol. The zero-order chi connectivity index (χ0) is 11.3. The van der Waals surface area contributed by atoms with Crippen molar-refractivity contribution < 1.29 is 14.7 Å². The van der Waals surface area contributed by atoms with E-state index < -0.39 is 11.4 Å². The lowest BCUT2D eigenvalue weighted by Gasteiger charge is -2.35. The number of allylic oxidation sites excluding steroid dienone is 1. The lowest BCUT2D eigenvalue weighted by molar-refractivity contribution is -0.162. The van der Waals surface area contributed by atoms with Crippen LogP contribution in [0.5, 0.6) is 0 Å². The second-order valence-corrected chi connectivity index (χ2v) is 3.85. The number of nitrogens with one attached hydrogen (secondary N) is 1. The van der Waals surface area contributed by atoms with Gasteiger partial charge >= 0.3 is 5.97 Å². The molecule has 0 aromatic heterocycles. The third-order valence-corrected chi connectivity index (χ3v) is 2.88. The van der Waals surface area contributed by atoms with Gasteiger partial charge < -0.3 is 10.4 Å². The van der Waals surface area contributed by atoms with Crippen LogP contribution in [0.15, 0.2) is 12.2 Å². The van der Waals surface area contributed by atoms with Crippen molar-refractivity contribution >= 4 is 11.9 Å². The Balaban J connectivity index is 2.41. The molecule has 15 heavy (non-hydrogen) atoms. The summed E-state index contributed by atoms with van der Waals surface area (Å²) in [6.45, 7) is 2.42. The predicted octanol–water partition coefficient (Wildman–Crippen LogP) is 1.32. The number of carboxylic acids is 1. The number of carboxylic acid groups (broad SMARTS) is 1. The van der Waals surface area contributed by atoms with Crippen LogP contribution < -0.4 is 5.32 Å². The molecule has 0 atom stereocenters. The minimum Gasteiger partial charge on any atom is -0.480 e. The molecule has 0 aromatic carbocycles. The van der Waals surface area contributed by atoms with E-state index in [9.17, 15) is 9.59 Å². The lowest BCUT2D eigenvalue weighted by Crippen LogP contribution is -2.51. The van der Waals surface area contributed by atoms with Crippen molar-refractivity contribution in [2.24, 2.45) is 5.41 Å². The Morgan fingerprint density at radius 3 is 2.53 bits per heavy atom. The summed E-state index contributed by atoms with van der Waals surface area (Å²) in [7, 11) is 0. The van der Waals surface area contributed by atoms with E-state index in [1.807, 2.05) is 19.1 Å². The largest absolute Gasteiger partial charge is 0.480 e. The second-order valence-electron chi connectivity index (χ2n) is 3.85. The van der Waals surface area contributed by atoms with Gasteiger partial charge in [0.2, 0.25) is 5.91 Å². The van der Waals surface area contributed by atoms with Crippen molar-refractivity contribution in [3.05, 3.63) is 12.2 Å². The van der Waals surface area contributed by atoms with Crippen LogP contribution in [0.2, 0.25) is 0 Å². The zero-order valence-corrected chi connectivity index (χ0v) is 8.95. The van der Waals surface area contributed by atoms with E-state index in [1.54, 1.807) is 0 Å². The van der Waals surface area contributed by atoms with Crippen LogP contribution in [0.25, 0.3) is 0 Å². The molecule has 4 heteroatoms. The summed E-state index contributed by atoms with van der Waals surface area (Å²) in [6, 6.07) is 0. The highest BCUT2D eigenvalue weighted by Crippen LogP contribution is 2.41. The highest BCUT2D eigenvalue weighted by molar-refractivity contribution is 6.02. The fourth-order valence-electron chi connectivity index (χ4n) is 1.67. The highest BCUT2D eigenvalue weighted by Gasteiger charge is 2.50. The molecule has 1 rings (SSSR count). The van der Waals surface area contributed by atoms with Gasteiger partial charge in [-0.05, 0) is 26.2 Å². The average Bonchev–Trinajstić information content (AvgIpc) is 2.10. The van der Waals surface area contributed by atoms with Crippen LogP contribution in [0.3, 0.4) is 0 Å². The van der Waals surface area contributed by atoms with Crippen LogP contribution in [0, 0.1) is 5.41 Å². The third-order valence-electron chi connectivity index (χ3n) is 2.88. The van der Waals surface area contributed by atoms with Crippen molar-refractivity contribution in [1.29, 1.82) is 0 Å². The normalized spacial score (nSPS) is 18.5. The lowest BCUT2D eigenvalue weighted by atomic mass is 9.68. The number of aliphatic carboxylic acids is 1. The smallest absolute Gasteiger partial charge is 0.319 e. The van der Waals surface area contributed by atoms with Crippen molar-refractivity contribution in [2.45, 2.75) is 32.6 Å². The first kappa shape index (κ1) is 11.8. The van der Waals surface area contributed by atoms with E-state index in [1.165, 1.54) is 0 Å². The predicted molar refractivity (Wildman–Crippen MR) is 56.4 cm³/mol. The van der Waals surface area contributed by atoms with Crippen molar-refractivity contribution in [1.82, 2.24) is 5.32 Å². The minimum absolute atomic E-state index is 0.328. The van der Waals surface area contributed by atoms with Crippen molar-refractivity contribution in [3.8, 4) is 0 Å². The Morgan fingerprint density at radius 2 is 2.13 bits per heavy atom. The molecule has 84 valence electrons. The molecular formula is C11H17NO3. The molecule has 0 aromatic rings.